The van der Waals surface area contributed by atoms with E-state index in [0.717, 1.165) is 22.5 Å². The molecule has 0 saturated carbocycles. The SMILES string of the molecule is CC1(C)[C@H](NC(=O)/C(=N\O[C@@H](COc2ccc(-c3cn(CCCN)[n+](CC(F)CN)c3)cc2)C(=O)O)c2csc(N)n2)C(=O)N1OS(=O)(=O)O. The zero-order chi connectivity index (χ0) is 36.8. The first kappa shape index (κ1) is 38.1. The van der Waals surface area contributed by atoms with E-state index in [1.165, 1.54) is 19.2 Å². The molecule has 3 atom stereocenters. The molecule has 50 heavy (non-hydrogen) atoms. The number of nitrogens with two attached hydrogens (primary N) is 3. The molecule has 1 aliphatic rings. The molecular formula is C28H37FN9O10S2+. The minimum atomic E-state index is -5.03. The molecule has 9 N–H and O–H groups in total. The summed E-state index contributed by atoms with van der Waals surface area (Å²) < 4.78 is 58.7. The number of nitrogen functional groups attached to an aromatic ring is 1. The Hall–Kier alpha value is -4.74. The Morgan fingerprint density at radius 3 is 2.50 bits per heavy atom. The lowest BCUT2D eigenvalue weighted by Gasteiger charge is -2.50. The van der Waals surface area contributed by atoms with E-state index in [4.69, 9.17) is 31.3 Å². The van der Waals surface area contributed by atoms with E-state index in [0.29, 0.717) is 24.6 Å². The van der Waals surface area contributed by atoms with Gasteiger partial charge in [0.25, 0.3) is 17.9 Å². The highest BCUT2D eigenvalue weighted by Gasteiger charge is 2.58. The Balaban J connectivity index is 1.45. The lowest BCUT2D eigenvalue weighted by atomic mass is 9.84. The average molecular weight is 743 g/mol. The quantitative estimate of drug-likeness (QED) is 0.0307. The molecular weight excluding hydrogens is 705 g/mol. The van der Waals surface area contributed by atoms with Crippen molar-refractivity contribution in [2.75, 3.05) is 25.4 Å². The number of ether oxygens (including phenoxy) is 1. The number of aliphatic carboxylic acids is 1. The van der Waals surface area contributed by atoms with Gasteiger partial charge in [-0.1, -0.05) is 17.3 Å². The zero-order valence-electron chi connectivity index (χ0n) is 26.8. The number of amides is 2. The predicted octanol–water partition coefficient (Wildman–Crippen LogP) is -0.780. The summed E-state index contributed by atoms with van der Waals surface area (Å²) in [4.78, 5) is 46.9. The molecule has 4 rings (SSSR count). The average Bonchev–Trinajstić information content (AvgIpc) is 3.67. The van der Waals surface area contributed by atoms with Crippen molar-refractivity contribution in [2.45, 2.75) is 57.2 Å². The van der Waals surface area contributed by atoms with E-state index in [1.807, 2.05) is 10.9 Å². The van der Waals surface area contributed by atoms with E-state index in [2.05, 4.69) is 19.7 Å². The number of aryl methyl sites for hydroxylation is 1. The normalized spacial score (nSPS) is 17.2. The number of β-lactam (4-membered cyclic amide) rings is 1. The first-order valence-electron chi connectivity index (χ1n) is 14.9. The van der Waals surface area contributed by atoms with Crippen LogP contribution in [-0.4, -0.2) is 99.9 Å². The van der Waals surface area contributed by atoms with Crippen LogP contribution in [0.2, 0.25) is 0 Å². The van der Waals surface area contributed by atoms with Gasteiger partial charge in [0.05, 0.1) is 23.8 Å². The highest BCUT2D eigenvalue weighted by atomic mass is 32.3. The van der Waals surface area contributed by atoms with Crippen LogP contribution in [0, 0.1) is 0 Å². The van der Waals surface area contributed by atoms with E-state index in [-0.39, 0.29) is 29.7 Å². The lowest BCUT2D eigenvalue weighted by Crippen LogP contribution is -2.76. The molecule has 1 fully saturated rings. The number of aromatic nitrogens is 3. The summed E-state index contributed by atoms with van der Waals surface area (Å²) in [6.45, 7) is 3.15. The number of alkyl halides is 1. The molecule has 19 nitrogen and oxygen atoms in total. The molecule has 0 bridgehead atoms. The number of thiazole rings is 1. The van der Waals surface area contributed by atoms with Crippen molar-refractivity contribution in [1.29, 1.82) is 0 Å². The molecule has 1 aromatic carbocycles. The Morgan fingerprint density at radius 1 is 1.24 bits per heavy atom. The van der Waals surface area contributed by atoms with Crippen LogP contribution in [0.3, 0.4) is 0 Å². The number of carboxylic acids is 1. The topological polar surface area (TPSA) is 281 Å². The fourth-order valence-corrected chi connectivity index (χ4v) is 5.73. The number of carbonyl (C=O) groups excluding carboxylic acids is 2. The molecule has 3 aromatic rings. The van der Waals surface area contributed by atoms with Gasteiger partial charge >= 0.3 is 16.4 Å². The minimum absolute atomic E-state index is 0.0407. The second kappa shape index (κ2) is 15.9. The molecule has 2 amide bonds. The molecule has 0 radical (unpaired) electrons. The van der Waals surface area contributed by atoms with Crippen molar-refractivity contribution in [3.8, 4) is 16.9 Å². The monoisotopic (exact) mass is 742 g/mol. The van der Waals surface area contributed by atoms with Crippen molar-refractivity contribution >= 4 is 50.4 Å². The molecule has 3 heterocycles. The van der Waals surface area contributed by atoms with Crippen molar-refractivity contribution in [2.24, 2.45) is 16.6 Å². The third-order valence-electron chi connectivity index (χ3n) is 7.37. The van der Waals surface area contributed by atoms with Crippen LogP contribution in [-0.2, 0) is 47.0 Å². The third-order valence-corrected chi connectivity index (χ3v) is 8.39. The van der Waals surface area contributed by atoms with Gasteiger partial charge in [-0.25, -0.2) is 14.2 Å². The smallest absolute Gasteiger partial charge is 0.418 e. The summed E-state index contributed by atoms with van der Waals surface area (Å²) >= 11 is 0.942. The maximum Gasteiger partial charge on any atom is 0.418 e. The Kier molecular flexibility index (Phi) is 12.1. The van der Waals surface area contributed by atoms with Crippen molar-refractivity contribution in [3.63, 3.8) is 0 Å². The maximum absolute atomic E-state index is 14.1. The summed E-state index contributed by atoms with van der Waals surface area (Å²) in [5, 5.41) is 17.6. The number of anilines is 1. The highest BCUT2D eigenvalue weighted by molar-refractivity contribution is 7.80. The highest BCUT2D eigenvalue weighted by Crippen LogP contribution is 2.33. The van der Waals surface area contributed by atoms with Crippen LogP contribution in [0.4, 0.5) is 9.52 Å². The maximum atomic E-state index is 14.1. The van der Waals surface area contributed by atoms with Crippen molar-refractivity contribution in [1.82, 2.24) is 20.0 Å². The number of hydroxylamine groups is 2. The number of hydrogen-bond donors (Lipinski definition) is 6. The number of rotatable bonds is 18. The van der Waals surface area contributed by atoms with Gasteiger partial charge in [0, 0.05) is 11.9 Å². The van der Waals surface area contributed by atoms with Crippen LogP contribution in [0.15, 0.2) is 47.2 Å². The fourth-order valence-electron chi connectivity index (χ4n) is 4.73. The van der Waals surface area contributed by atoms with Crippen LogP contribution in [0.25, 0.3) is 11.1 Å². The molecule has 0 spiro atoms. The van der Waals surface area contributed by atoms with Gasteiger partial charge < -0.3 is 37.2 Å². The number of carbonyl (C=O) groups is 3. The molecule has 1 saturated heterocycles. The van der Waals surface area contributed by atoms with Crippen LogP contribution >= 0.6 is 11.3 Å². The number of benzene rings is 1. The molecule has 22 heteroatoms. The first-order chi connectivity index (χ1) is 23.5. The van der Waals surface area contributed by atoms with Crippen molar-refractivity contribution < 1.29 is 55.4 Å². The van der Waals surface area contributed by atoms with Gasteiger partial charge in [0.1, 0.15) is 24.1 Å². The molecule has 0 aliphatic carbocycles. The first-order valence-corrected chi connectivity index (χ1v) is 17.2. The van der Waals surface area contributed by atoms with E-state index >= 15 is 0 Å². The predicted molar refractivity (Wildman–Crippen MR) is 174 cm³/mol. The van der Waals surface area contributed by atoms with E-state index in [9.17, 15) is 32.3 Å². The molecule has 2 aromatic heterocycles. The van der Waals surface area contributed by atoms with Gasteiger partial charge in [-0.3, -0.25) is 14.1 Å². The second-order valence-electron chi connectivity index (χ2n) is 11.4. The van der Waals surface area contributed by atoms with Gasteiger partial charge in [-0.05, 0) is 44.5 Å². The number of nitrogens with one attached hydrogen (secondary N) is 1. The minimum Gasteiger partial charge on any atom is -0.489 e. The summed E-state index contributed by atoms with van der Waals surface area (Å²) in [5.74, 6) is -3.26. The molecule has 1 aliphatic heterocycles. The summed E-state index contributed by atoms with van der Waals surface area (Å²) in [6.07, 6.45) is 1.38. The standard InChI is InChI=1S/C28H36FN9O10S2/c1-28(2)23(25(40)38(28)48-50(43,44)45)34-24(39)22(20-15-49-27(32)33-20)35-47-21(26(41)42)14-46-19-6-4-16(5-7-19)17-11-36(9-3-8-30)37(12-17)13-18(29)10-31/h4-7,11-12,15,18,21,23H,3,8-10,13-14,30-31H2,1-2H3,(H4-,32,33,34,39,41,42,43,44,45)/p+1/b35-22-/t18?,21-,23+/m0/s1. The summed E-state index contributed by atoms with van der Waals surface area (Å²) in [5.41, 5.74) is 16.3. The summed E-state index contributed by atoms with van der Waals surface area (Å²) in [7, 11) is -5.03. The number of nitrogens with zero attached hydrogens (tertiary/aromatic N) is 5. The fraction of sp³-hybridized carbons (Fsp3) is 0.429. The number of carboxylic acid groups (broad SMARTS) is 1. The van der Waals surface area contributed by atoms with Gasteiger partial charge in [-0.15, -0.1) is 20.3 Å². The van der Waals surface area contributed by atoms with E-state index in [1.54, 1.807) is 35.1 Å². The zero-order valence-corrected chi connectivity index (χ0v) is 28.5. The number of hydrogen-bond acceptors (Lipinski definition) is 14. The second-order valence-corrected chi connectivity index (χ2v) is 13.3. The lowest BCUT2D eigenvalue weighted by molar-refractivity contribution is -0.778. The van der Waals surface area contributed by atoms with Gasteiger partial charge in [-0.2, -0.15) is 18.2 Å². The number of oxime groups is 1. The van der Waals surface area contributed by atoms with Gasteiger partial charge in [0.2, 0.25) is 12.7 Å². The Morgan fingerprint density at radius 2 is 1.94 bits per heavy atom. The van der Waals surface area contributed by atoms with Crippen LogP contribution in [0.5, 0.6) is 5.75 Å². The van der Waals surface area contributed by atoms with Crippen LogP contribution < -0.4 is 31.9 Å². The Bertz CT molecular complexity index is 1830. The van der Waals surface area contributed by atoms with Crippen molar-refractivity contribution in [3.05, 3.63) is 47.7 Å². The largest absolute Gasteiger partial charge is 0.489 e. The third kappa shape index (κ3) is 9.28. The molecule has 1 unspecified atom stereocenters. The number of halogens is 1. The van der Waals surface area contributed by atoms with Gasteiger partial charge in [0.15, 0.2) is 17.0 Å². The van der Waals surface area contributed by atoms with Crippen LogP contribution in [0.1, 0.15) is 26.0 Å². The van der Waals surface area contributed by atoms with E-state index < -0.39 is 64.4 Å². The molecule has 272 valence electrons. The Labute approximate surface area is 289 Å². The summed E-state index contributed by atoms with van der Waals surface area (Å²) in [6, 6.07) is 5.31.